The zero-order valence-electron chi connectivity index (χ0n) is 10.6. The standard InChI is InChI=1S/C15H18O3/c1-2-17-15(16)13-10-6-7-11-14(13)18-12-8-4-3-5-9-12/h3-5,8-9H,2,6-7,10-11H2,1H3. The van der Waals surface area contributed by atoms with Gasteiger partial charge in [-0.2, -0.15) is 0 Å². The Morgan fingerprint density at radius 2 is 1.89 bits per heavy atom. The third-order valence-electron chi connectivity index (χ3n) is 2.92. The zero-order valence-corrected chi connectivity index (χ0v) is 10.6. The number of benzene rings is 1. The molecule has 2 rings (SSSR count). The van der Waals surface area contributed by atoms with Gasteiger partial charge >= 0.3 is 5.97 Å². The van der Waals surface area contributed by atoms with Gasteiger partial charge in [-0.05, 0) is 38.3 Å². The van der Waals surface area contributed by atoms with Crippen molar-refractivity contribution in [2.45, 2.75) is 32.6 Å². The predicted molar refractivity (Wildman–Crippen MR) is 69.2 cm³/mol. The number of para-hydroxylation sites is 1. The van der Waals surface area contributed by atoms with E-state index in [0.717, 1.165) is 37.2 Å². The largest absolute Gasteiger partial charge is 0.463 e. The first kappa shape index (κ1) is 12.7. The average molecular weight is 246 g/mol. The predicted octanol–water partition coefficient (Wildman–Crippen LogP) is 3.46. The summed E-state index contributed by atoms with van der Waals surface area (Å²) in [6.07, 6.45) is 3.64. The fraction of sp³-hybridized carbons (Fsp3) is 0.400. The normalized spacial score (nSPS) is 15.4. The summed E-state index contributed by atoms with van der Waals surface area (Å²) in [6.45, 7) is 2.22. The Balaban J connectivity index is 2.18. The van der Waals surface area contributed by atoms with Crippen LogP contribution in [-0.4, -0.2) is 12.6 Å². The minimum absolute atomic E-state index is 0.233. The molecule has 1 aromatic carbocycles. The lowest BCUT2D eigenvalue weighted by Gasteiger charge is -2.19. The van der Waals surface area contributed by atoms with Gasteiger partial charge in [-0.3, -0.25) is 0 Å². The fourth-order valence-corrected chi connectivity index (χ4v) is 2.06. The van der Waals surface area contributed by atoms with Crippen LogP contribution >= 0.6 is 0 Å². The number of esters is 1. The average Bonchev–Trinajstić information content (AvgIpc) is 2.41. The lowest BCUT2D eigenvalue weighted by molar-refractivity contribution is -0.139. The number of carbonyl (C=O) groups is 1. The van der Waals surface area contributed by atoms with E-state index in [1.165, 1.54) is 0 Å². The number of ether oxygens (including phenoxy) is 2. The summed E-state index contributed by atoms with van der Waals surface area (Å²) in [5, 5.41) is 0. The number of hydrogen-bond acceptors (Lipinski definition) is 3. The van der Waals surface area contributed by atoms with Crippen LogP contribution in [0, 0.1) is 0 Å². The van der Waals surface area contributed by atoms with Crippen molar-refractivity contribution in [3.05, 3.63) is 41.7 Å². The molecule has 0 N–H and O–H groups in total. The Labute approximate surface area is 107 Å². The SMILES string of the molecule is CCOC(=O)C1=C(Oc2ccccc2)CCCC1. The lowest BCUT2D eigenvalue weighted by atomic mass is 9.97. The van der Waals surface area contributed by atoms with Gasteiger partial charge in [0.25, 0.3) is 0 Å². The molecule has 0 saturated heterocycles. The van der Waals surface area contributed by atoms with E-state index in [0.29, 0.717) is 12.2 Å². The zero-order chi connectivity index (χ0) is 12.8. The summed E-state index contributed by atoms with van der Waals surface area (Å²) in [7, 11) is 0. The van der Waals surface area contributed by atoms with Crippen molar-refractivity contribution >= 4 is 5.97 Å². The van der Waals surface area contributed by atoms with E-state index in [2.05, 4.69) is 0 Å². The Bertz CT molecular complexity index is 434. The molecule has 96 valence electrons. The molecule has 1 aromatic rings. The van der Waals surface area contributed by atoms with E-state index < -0.39 is 0 Å². The van der Waals surface area contributed by atoms with Gasteiger partial charge in [-0.1, -0.05) is 18.2 Å². The van der Waals surface area contributed by atoms with Gasteiger partial charge in [0, 0.05) is 6.42 Å². The first-order valence-electron chi connectivity index (χ1n) is 6.43. The van der Waals surface area contributed by atoms with E-state index in [1.54, 1.807) is 0 Å². The van der Waals surface area contributed by atoms with Crippen molar-refractivity contribution in [1.29, 1.82) is 0 Å². The van der Waals surface area contributed by atoms with Crippen LogP contribution in [0.25, 0.3) is 0 Å². The molecular weight excluding hydrogens is 228 g/mol. The van der Waals surface area contributed by atoms with Gasteiger partial charge in [-0.25, -0.2) is 4.79 Å². The molecule has 0 aliphatic heterocycles. The smallest absolute Gasteiger partial charge is 0.337 e. The molecule has 0 fully saturated rings. The summed E-state index contributed by atoms with van der Waals surface area (Å²) >= 11 is 0. The minimum atomic E-state index is -0.233. The highest BCUT2D eigenvalue weighted by Gasteiger charge is 2.21. The van der Waals surface area contributed by atoms with Crippen molar-refractivity contribution in [3.63, 3.8) is 0 Å². The Morgan fingerprint density at radius 3 is 2.61 bits per heavy atom. The van der Waals surface area contributed by atoms with Gasteiger partial charge < -0.3 is 9.47 Å². The fourth-order valence-electron chi connectivity index (χ4n) is 2.06. The molecule has 0 radical (unpaired) electrons. The van der Waals surface area contributed by atoms with E-state index in [9.17, 15) is 4.79 Å². The molecule has 0 aromatic heterocycles. The van der Waals surface area contributed by atoms with Crippen LogP contribution < -0.4 is 4.74 Å². The summed E-state index contributed by atoms with van der Waals surface area (Å²) in [5.74, 6) is 1.31. The first-order valence-corrected chi connectivity index (χ1v) is 6.43. The first-order chi connectivity index (χ1) is 8.81. The molecule has 0 atom stereocenters. The molecule has 0 heterocycles. The second-order valence-electron chi connectivity index (χ2n) is 4.24. The second kappa shape index (κ2) is 6.24. The Hall–Kier alpha value is -1.77. The van der Waals surface area contributed by atoms with Crippen molar-refractivity contribution in [3.8, 4) is 5.75 Å². The molecular formula is C15H18O3. The number of hydrogen-bond donors (Lipinski definition) is 0. The second-order valence-corrected chi connectivity index (χ2v) is 4.24. The van der Waals surface area contributed by atoms with E-state index in [-0.39, 0.29) is 5.97 Å². The molecule has 0 amide bonds. The monoisotopic (exact) mass is 246 g/mol. The number of allylic oxidation sites excluding steroid dienone is 1. The molecule has 0 unspecified atom stereocenters. The van der Waals surface area contributed by atoms with Crippen molar-refractivity contribution in [2.75, 3.05) is 6.61 Å². The topological polar surface area (TPSA) is 35.5 Å². The van der Waals surface area contributed by atoms with Gasteiger partial charge in [0.2, 0.25) is 0 Å². The van der Waals surface area contributed by atoms with Crippen LogP contribution in [-0.2, 0) is 9.53 Å². The molecule has 0 bridgehead atoms. The van der Waals surface area contributed by atoms with Gasteiger partial charge in [0.1, 0.15) is 11.5 Å². The van der Waals surface area contributed by atoms with Crippen molar-refractivity contribution < 1.29 is 14.3 Å². The molecule has 0 saturated carbocycles. The van der Waals surface area contributed by atoms with Crippen LogP contribution in [0.2, 0.25) is 0 Å². The maximum absolute atomic E-state index is 11.8. The highest BCUT2D eigenvalue weighted by atomic mass is 16.5. The van der Waals surface area contributed by atoms with Crippen LogP contribution in [0.3, 0.4) is 0 Å². The minimum Gasteiger partial charge on any atom is -0.463 e. The Morgan fingerprint density at radius 1 is 1.17 bits per heavy atom. The van der Waals surface area contributed by atoms with Crippen molar-refractivity contribution in [1.82, 2.24) is 0 Å². The van der Waals surface area contributed by atoms with Gasteiger partial charge in [-0.15, -0.1) is 0 Å². The maximum atomic E-state index is 11.8. The highest BCUT2D eigenvalue weighted by Crippen LogP contribution is 2.28. The third kappa shape index (κ3) is 3.13. The highest BCUT2D eigenvalue weighted by molar-refractivity contribution is 5.89. The van der Waals surface area contributed by atoms with Crippen molar-refractivity contribution in [2.24, 2.45) is 0 Å². The van der Waals surface area contributed by atoms with Gasteiger partial charge in [0.05, 0.1) is 12.2 Å². The third-order valence-corrected chi connectivity index (χ3v) is 2.92. The lowest BCUT2D eigenvalue weighted by Crippen LogP contribution is -2.16. The summed E-state index contributed by atoms with van der Waals surface area (Å²) in [5.41, 5.74) is 0.701. The molecule has 3 nitrogen and oxygen atoms in total. The summed E-state index contributed by atoms with van der Waals surface area (Å²) < 4.78 is 10.9. The van der Waals surface area contributed by atoms with E-state index in [4.69, 9.17) is 9.47 Å². The molecule has 18 heavy (non-hydrogen) atoms. The number of rotatable bonds is 4. The van der Waals surface area contributed by atoms with E-state index >= 15 is 0 Å². The van der Waals surface area contributed by atoms with Crippen LogP contribution in [0.5, 0.6) is 5.75 Å². The maximum Gasteiger partial charge on any atom is 0.337 e. The van der Waals surface area contributed by atoms with Crippen LogP contribution in [0.1, 0.15) is 32.6 Å². The van der Waals surface area contributed by atoms with Crippen LogP contribution in [0.15, 0.2) is 41.7 Å². The van der Waals surface area contributed by atoms with Crippen LogP contribution in [0.4, 0.5) is 0 Å². The Kier molecular flexibility index (Phi) is 4.40. The molecule has 1 aliphatic rings. The summed E-state index contributed by atoms with van der Waals surface area (Å²) in [4.78, 5) is 11.8. The number of carbonyl (C=O) groups excluding carboxylic acids is 1. The molecule has 1 aliphatic carbocycles. The van der Waals surface area contributed by atoms with Gasteiger partial charge in [0.15, 0.2) is 0 Å². The quantitative estimate of drug-likeness (QED) is 0.763. The van der Waals surface area contributed by atoms with E-state index in [1.807, 2.05) is 37.3 Å². The molecule has 0 spiro atoms. The molecule has 3 heteroatoms. The summed E-state index contributed by atoms with van der Waals surface area (Å²) in [6, 6.07) is 9.56.